The molecule has 0 aliphatic heterocycles. The molecule has 0 unspecified atom stereocenters. The Kier molecular flexibility index (Phi) is 6.10. The molecule has 25 heavy (non-hydrogen) atoms. The van der Waals surface area contributed by atoms with Crippen molar-refractivity contribution in [1.82, 2.24) is 0 Å². The third-order valence-corrected chi connectivity index (χ3v) is 3.56. The van der Waals surface area contributed by atoms with Gasteiger partial charge in [-0.3, -0.25) is 10.1 Å². The van der Waals surface area contributed by atoms with Crippen LogP contribution in [0.2, 0.25) is 10.0 Å². The Morgan fingerprint density at radius 1 is 0.920 bits per heavy atom. The van der Waals surface area contributed by atoms with Crippen molar-refractivity contribution in [2.45, 2.75) is 0 Å². The van der Waals surface area contributed by atoms with Crippen molar-refractivity contribution in [2.24, 2.45) is 0 Å². The largest absolute Gasteiger partial charge is 0.422 e. The molecule has 0 aliphatic rings. The zero-order chi connectivity index (χ0) is 18.4. The number of carbonyl (C=O) groups excluding carboxylic acids is 2. The summed E-state index contributed by atoms with van der Waals surface area (Å²) in [7, 11) is 0. The zero-order valence-electron chi connectivity index (χ0n) is 12.3. The van der Waals surface area contributed by atoms with Gasteiger partial charge in [-0.25, -0.2) is 9.59 Å². The predicted molar refractivity (Wildman–Crippen MR) is 90.0 cm³/mol. The Morgan fingerprint density at radius 2 is 1.48 bits per heavy atom. The normalized spacial score (nSPS) is 10.5. The number of ether oxygens (including phenoxy) is 2. The molecule has 0 fully saturated rings. The van der Waals surface area contributed by atoms with Crippen molar-refractivity contribution < 1.29 is 24.0 Å². The van der Waals surface area contributed by atoms with Gasteiger partial charge >= 0.3 is 17.6 Å². The van der Waals surface area contributed by atoms with E-state index in [1.54, 1.807) is 0 Å². The first-order valence-electron chi connectivity index (χ1n) is 6.67. The minimum atomic E-state index is -0.983. The molecule has 0 heterocycles. The fourth-order valence-electron chi connectivity index (χ4n) is 1.68. The molecule has 2 aromatic carbocycles. The fraction of sp³-hybridized carbons (Fsp3) is 0. The molecule has 2 aromatic rings. The lowest BCUT2D eigenvalue weighted by molar-refractivity contribution is -0.385. The molecule has 0 spiro atoms. The summed E-state index contributed by atoms with van der Waals surface area (Å²) in [6.45, 7) is 0. The van der Waals surface area contributed by atoms with Crippen LogP contribution in [-0.2, 0) is 9.59 Å². The van der Waals surface area contributed by atoms with E-state index in [1.165, 1.54) is 42.5 Å². The Balaban J connectivity index is 2.02. The number of benzene rings is 2. The monoisotopic (exact) mass is 381 g/mol. The molecule has 0 saturated heterocycles. The quantitative estimate of drug-likeness (QED) is 0.255. The number of nitro benzene ring substituents is 1. The highest BCUT2D eigenvalue weighted by Gasteiger charge is 2.16. The minimum absolute atomic E-state index is 0.0240. The Morgan fingerprint density at radius 3 is 2.12 bits per heavy atom. The van der Waals surface area contributed by atoms with Gasteiger partial charge in [0, 0.05) is 18.2 Å². The van der Waals surface area contributed by atoms with Crippen LogP contribution in [0, 0.1) is 10.1 Å². The van der Waals surface area contributed by atoms with Gasteiger partial charge < -0.3 is 9.47 Å². The molecule has 0 atom stereocenters. The first kappa shape index (κ1) is 18.4. The van der Waals surface area contributed by atoms with E-state index in [9.17, 15) is 19.7 Å². The van der Waals surface area contributed by atoms with Gasteiger partial charge in [0.1, 0.15) is 5.02 Å². The average molecular weight is 382 g/mol. The van der Waals surface area contributed by atoms with Gasteiger partial charge in [0.2, 0.25) is 5.75 Å². The lowest BCUT2D eigenvalue weighted by Crippen LogP contribution is -2.09. The Bertz CT molecular complexity index is 865. The average Bonchev–Trinajstić information content (AvgIpc) is 2.57. The van der Waals surface area contributed by atoms with Crippen molar-refractivity contribution in [2.75, 3.05) is 0 Å². The van der Waals surface area contributed by atoms with E-state index in [1.807, 2.05) is 0 Å². The van der Waals surface area contributed by atoms with Crippen molar-refractivity contribution in [1.29, 1.82) is 0 Å². The summed E-state index contributed by atoms with van der Waals surface area (Å²) in [6.07, 6.45) is 1.58. The van der Waals surface area contributed by atoms with Crippen LogP contribution in [0.1, 0.15) is 0 Å². The Hall–Kier alpha value is -2.90. The molecular formula is C16H9Cl2NO6. The van der Waals surface area contributed by atoms with Crippen LogP contribution in [0.4, 0.5) is 5.69 Å². The van der Waals surface area contributed by atoms with Crippen LogP contribution < -0.4 is 9.47 Å². The summed E-state index contributed by atoms with van der Waals surface area (Å²) in [5.41, 5.74) is -0.377. The second-order valence-corrected chi connectivity index (χ2v) is 5.24. The van der Waals surface area contributed by atoms with Gasteiger partial charge in [-0.1, -0.05) is 41.4 Å². The van der Waals surface area contributed by atoms with E-state index in [0.29, 0.717) is 0 Å². The SMILES string of the molecule is O=C(/C=C/C(=O)Oc1cccc(Cl)c1Cl)Oc1ccccc1[N+](=O)[O-]. The molecule has 0 saturated carbocycles. The van der Waals surface area contributed by atoms with Crippen LogP contribution in [-0.4, -0.2) is 16.9 Å². The second-order valence-electron chi connectivity index (χ2n) is 4.45. The highest BCUT2D eigenvalue weighted by Crippen LogP contribution is 2.31. The van der Waals surface area contributed by atoms with E-state index in [0.717, 1.165) is 12.2 Å². The number of rotatable bonds is 5. The summed E-state index contributed by atoms with van der Waals surface area (Å²) < 4.78 is 9.76. The highest BCUT2D eigenvalue weighted by molar-refractivity contribution is 6.43. The summed E-state index contributed by atoms with van der Waals surface area (Å²) >= 11 is 11.7. The molecule has 0 aliphatic carbocycles. The van der Waals surface area contributed by atoms with Crippen LogP contribution in [0.25, 0.3) is 0 Å². The third-order valence-electron chi connectivity index (χ3n) is 2.75. The molecule has 128 valence electrons. The lowest BCUT2D eigenvalue weighted by atomic mass is 10.3. The third kappa shape index (κ3) is 5.03. The molecule has 0 amide bonds. The molecular weight excluding hydrogens is 373 g/mol. The molecule has 0 bridgehead atoms. The van der Waals surface area contributed by atoms with E-state index < -0.39 is 16.9 Å². The maximum Gasteiger partial charge on any atom is 0.336 e. The lowest BCUT2D eigenvalue weighted by Gasteiger charge is -2.04. The molecule has 0 radical (unpaired) electrons. The predicted octanol–water partition coefficient (Wildman–Crippen LogP) is 3.97. The molecule has 7 nitrogen and oxygen atoms in total. The summed E-state index contributed by atoms with van der Waals surface area (Å²) in [5.74, 6) is -2.10. The van der Waals surface area contributed by atoms with Crippen LogP contribution in [0.3, 0.4) is 0 Å². The van der Waals surface area contributed by atoms with Gasteiger partial charge in [0.05, 0.1) is 9.95 Å². The summed E-state index contributed by atoms with van der Waals surface area (Å²) in [6, 6.07) is 9.80. The van der Waals surface area contributed by atoms with Gasteiger partial charge in [0.25, 0.3) is 0 Å². The van der Waals surface area contributed by atoms with Gasteiger partial charge in [-0.05, 0) is 18.2 Å². The molecule has 0 aromatic heterocycles. The van der Waals surface area contributed by atoms with Gasteiger partial charge in [-0.15, -0.1) is 0 Å². The smallest absolute Gasteiger partial charge is 0.336 e. The number of hydrogen-bond donors (Lipinski definition) is 0. The van der Waals surface area contributed by atoms with Crippen LogP contribution in [0.5, 0.6) is 11.5 Å². The summed E-state index contributed by atoms with van der Waals surface area (Å²) in [4.78, 5) is 33.5. The first-order chi connectivity index (χ1) is 11.9. The number of halogens is 2. The standard InChI is InChI=1S/C16H9Cl2NO6/c17-10-4-3-7-13(16(10)18)25-15(21)9-8-14(20)24-12-6-2-1-5-11(12)19(22)23/h1-9H/b9-8+. The number of hydrogen-bond acceptors (Lipinski definition) is 6. The van der Waals surface area contributed by atoms with Gasteiger partial charge in [-0.2, -0.15) is 0 Å². The van der Waals surface area contributed by atoms with Gasteiger partial charge in [0.15, 0.2) is 5.75 Å². The van der Waals surface area contributed by atoms with Crippen LogP contribution >= 0.6 is 23.2 Å². The van der Waals surface area contributed by atoms with Crippen LogP contribution in [0.15, 0.2) is 54.6 Å². The molecule has 0 N–H and O–H groups in total. The maximum atomic E-state index is 11.7. The van der Waals surface area contributed by atoms with E-state index >= 15 is 0 Å². The molecule has 9 heteroatoms. The number of nitro groups is 1. The van der Waals surface area contributed by atoms with E-state index in [2.05, 4.69) is 0 Å². The minimum Gasteiger partial charge on any atom is -0.422 e. The topological polar surface area (TPSA) is 95.7 Å². The maximum absolute atomic E-state index is 11.7. The fourth-order valence-corrected chi connectivity index (χ4v) is 2.01. The highest BCUT2D eigenvalue weighted by atomic mass is 35.5. The number of carbonyl (C=O) groups is 2. The summed E-state index contributed by atoms with van der Waals surface area (Å²) in [5, 5.41) is 11.1. The first-order valence-corrected chi connectivity index (χ1v) is 7.43. The zero-order valence-corrected chi connectivity index (χ0v) is 13.9. The number of para-hydroxylation sites is 2. The number of esters is 2. The Labute approximate surface area is 151 Å². The van der Waals surface area contributed by atoms with Crippen molar-refractivity contribution >= 4 is 40.8 Å². The number of nitrogens with zero attached hydrogens (tertiary/aromatic N) is 1. The van der Waals surface area contributed by atoms with Crippen molar-refractivity contribution in [3.8, 4) is 11.5 Å². The van der Waals surface area contributed by atoms with Crippen molar-refractivity contribution in [3.63, 3.8) is 0 Å². The van der Waals surface area contributed by atoms with E-state index in [4.69, 9.17) is 32.7 Å². The van der Waals surface area contributed by atoms with E-state index in [-0.39, 0.29) is 27.2 Å². The van der Waals surface area contributed by atoms with Crippen molar-refractivity contribution in [3.05, 3.63) is 74.8 Å². The second kappa shape index (κ2) is 8.27. The molecule has 2 rings (SSSR count).